The van der Waals surface area contributed by atoms with E-state index in [0.29, 0.717) is 12.0 Å². The molecule has 0 spiro atoms. The van der Waals surface area contributed by atoms with Crippen molar-refractivity contribution in [3.05, 3.63) is 48.0 Å². The molecule has 2 aliphatic rings. The Morgan fingerprint density at radius 1 is 1.00 bits per heavy atom. The Labute approximate surface area is 158 Å². The zero-order valence-electron chi connectivity index (χ0n) is 14.8. The van der Waals surface area contributed by atoms with Gasteiger partial charge in [0.05, 0.1) is 17.1 Å². The van der Waals surface area contributed by atoms with Crippen molar-refractivity contribution in [1.82, 2.24) is 4.90 Å². The van der Waals surface area contributed by atoms with Crippen LogP contribution in [0.4, 0.5) is 0 Å². The van der Waals surface area contributed by atoms with Crippen molar-refractivity contribution < 1.29 is 22.7 Å². The summed E-state index contributed by atoms with van der Waals surface area (Å²) in [5, 5.41) is 1.70. The molecule has 0 bridgehead atoms. The lowest BCUT2D eigenvalue weighted by Gasteiger charge is -2.28. The Morgan fingerprint density at radius 3 is 2.44 bits per heavy atom. The van der Waals surface area contributed by atoms with Gasteiger partial charge in [-0.05, 0) is 36.1 Å². The monoisotopic (exact) mass is 387 g/mol. The smallest absolute Gasteiger partial charge is 0.339 e. The maximum absolute atomic E-state index is 12.7. The number of amides is 1. The number of benzene rings is 2. The molecule has 0 unspecified atom stereocenters. The first-order chi connectivity index (χ1) is 12.9. The lowest BCUT2D eigenvalue weighted by Crippen LogP contribution is -2.44. The Morgan fingerprint density at radius 2 is 1.74 bits per heavy atom. The Kier molecular flexibility index (Phi) is 4.63. The number of ether oxygens (including phenoxy) is 1. The molecule has 1 aliphatic heterocycles. The van der Waals surface area contributed by atoms with Crippen LogP contribution in [0.2, 0.25) is 0 Å². The van der Waals surface area contributed by atoms with Crippen LogP contribution in [0, 0.1) is 0 Å². The molecule has 1 saturated heterocycles. The van der Waals surface area contributed by atoms with Gasteiger partial charge in [-0.25, -0.2) is 13.2 Å². The summed E-state index contributed by atoms with van der Waals surface area (Å²) in [5.74, 6) is -0.737. The van der Waals surface area contributed by atoms with E-state index in [0.717, 1.165) is 23.6 Å². The Bertz CT molecular complexity index is 991. The Hall–Kier alpha value is -2.41. The third-order valence-corrected chi connectivity index (χ3v) is 6.92. The highest BCUT2D eigenvalue weighted by Crippen LogP contribution is 2.32. The molecule has 142 valence electrons. The van der Waals surface area contributed by atoms with Crippen molar-refractivity contribution in [2.75, 3.05) is 18.1 Å². The summed E-state index contributed by atoms with van der Waals surface area (Å²) in [6.45, 7) is -0.366. The molecule has 0 radical (unpaired) electrons. The molecule has 1 saturated carbocycles. The number of hydrogen-bond donors (Lipinski definition) is 0. The van der Waals surface area contributed by atoms with E-state index < -0.39 is 15.8 Å². The number of nitrogens with zero attached hydrogens (tertiary/aromatic N) is 1. The van der Waals surface area contributed by atoms with Crippen LogP contribution in [0.1, 0.15) is 29.6 Å². The Balaban J connectivity index is 1.45. The number of esters is 1. The molecular formula is C20H21NO5S. The fourth-order valence-corrected chi connectivity index (χ4v) is 5.45. The molecule has 2 aromatic rings. The van der Waals surface area contributed by atoms with Crippen molar-refractivity contribution >= 4 is 32.5 Å². The summed E-state index contributed by atoms with van der Waals surface area (Å²) in [6.07, 6.45) is 2.21. The number of fused-ring (bicyclic) bond motifs is 1. The van der Waals surface area contributed by atoms with Crippen LogP contribution in [0.15, 0.2) is 42.5 Å². The van der Waals surface area contributed by atoms with Gasteiger partial charge in [0.2, 0.25) is 0 Å². The number of rotatable bonds is 5. The maximum atomic E-state index is 12.7. The molecule has 2 aromatic carbocycles. The molecule has 1 aliphatic carbocycles. The van der Waals surface area contributed by atoms with Gasteiger partial charge in [-0.2, -0.15) is 0 Å². The summed E-state index contributed by atoms with van der Waals surface area (Å²) in [5.41, 5.74) is 0.419. The second-order valence-electron chi connectivity index (χ2n) is 7.19. The zero-order valence-corrected chi connectivity index (χ0v) is 15.7. The highest BCUT2D eigenvalue weighted by atomic mass is 32.2. The average Bonchev–Trinajstić information content (AvgIpc) is 3.42. The zero-order chi connectivity index (χ0) is 19.0. The second kappa shape index (κ2) is 6.96. The summed E-state index contributed by atoms with van der Waals surface area (Å²) in [7, 11) is -3.08. The predicted molar refractivity (Wildman–Crippen MR) is 101 cm³/mol. The van der Waals surface area contributed by atoms with E-state index >= 15 is 0 Å². The second-order valence-corrected chi connectivity index (χ2v) is 9.42. The third-order valence-electron chi connectivity index (χ3n) is 5.17. The van der Waals surface area contributed by atoms with E-state index in [1.807, 2.05) is 30.3 Å². The molecule has 0 N–H and O–H groups in total. The summed E-state index contributed by atoms with van der Waals surface area (Å²) in [6, 6.07) is 12.6. The maximum Gasteiger partial charge on any atom is 0.339 e. The van der Waals surface area contributed by atoms with Gasteiger partial charge >= 0.3 is 5.97 Å². The molecule has 1 amide bonds. The van der Waals surface area contributed by atoms with E-state index in [1.165, 1.54) is 0 Å². The van der Waals surface area contributed by atoms with Gasteiger partial charge in [-0.15, -0.1) is 0 Å². The normalized spacial score (nSPS) is 21.1. The van der Waals surface area contributed by atoms with Gasteiger partial charge in [-0.1, -0.05) is 36.4 Å². The molecule has 6 nitrogen and oxygen atoms in total. The van der Waals surface area contributed by atoms with Crippen molar-refractivity contribution in [2.45, 2.75) is 31.3 Å². The minimum Gasteiger partial charge on any atom is -0.452 e. The van der Waals surface area contributed by atoms with Gasteiger partial charge < -0.3 is 9.64 Å². The fraction of sp³-hybridized carbons (Fsp3) is 0.400. The largest absolute Gasteiger partial charge is 0.452 e. The SMILES string of the molecule is O=C(OCC(=O)N(C1CC1)[C@@H]1CCS(=O)(=O)C1)c1cccc2ccccc12. The average molecular weight is 387 g/mol. The van der Waals surface area contributed by atoms with Gasteiger partial charge in [0.25, 0.3) is 5.91 Å². The van der Waals surface area contributed by atoms with Crippen LogP contribution in [-0.4, -0.2) is 55.4 Å². The highest BCUT2D eigenvalue weighted by molar-refractivity contribution is 7.91. The third kappa shape index (κ3) is 3.83. The molecule has 4 rings (SSSR count). The summed E-state index contributed by atoms with van der Waals surface area (Å²) < 4.78 is 28.8. The molecule has 7 heteroatoms. The molecule has 27 heavy (non-hydrogen) atoms. The van der Waals surface area contributed by atoms with Crippen LogP contribution in [0.25, 0.3) is 10.8 Å². The molecule has 1 heterocycles. The lowest BCUT2D eigenvalue weighted by atomic mass is 10.1. The summed E-state index contributed by atoms with van der Waals surface area (Å²) in [4.78, 5) is 26.8. The standard InChI is InChI=1S/C20H21NO5S/c22-19(21(15-8-9-15)16-10-11-27(24,25)13-16)12-26-20(23)18-7-3-5-14-4-1-2-6-17(14)18/h1-7,15-16H,8-13H2/t16-/m1/s1. The van der Waals surface area contributed by atoms with E-state index in [-0.39, 0.29) is 36.1 Å². The van der Waals surface area contributed by atoms with Crippen LogP contribution in [0.5, 0.6) is 0 Å². The van der Waals surface area contributed by atoms with Crippen LogP contribution < -0.4 is 0 Å². The lowest BCUT2D eigenvalue weighted by molar-refractivity contribution is -0.137. The minimum atomic E-state index is -3.08. The van der Waals surface area contributed by atoms with E-state index in [1.54, 1.807) is 17.0 Å². The van der Waals surface area contributed by atoms with Crippen molar-refractivity contribution in [3.8, 4) is 0 Å². The topological polar surface area (TPSA) is 80.8 Å². The number of hydrogen-bond acceptors (Lipinski definition) is 5. The van der Waals surface area contributed by atoms with E-state index in [9.17, 15) is 18.0 Å². The van der Waals surface area contributed by atoms with E-state index in [2.05, 4.69) is 0 Å². The van der Waals surface area contributed by atoms with Gasteiger partial charge in [-0.3, -0.25) is 4.79 Å². The first kappa shape index (κ1) is 18.0. The molecule has 1 atom stereocenters. The molecule has 0 aromatic heterocycles. The van der Waals surface area contributed by atoms with Gasteiger partial charge in [0, 0.05) is 12.1 Å². The van der Waals surface area contributed by atoms with Crippen LogP contribution in [-0.2, 0) is 19.4 Å². The first-order valence-corrected chi connectivity index (χ1v) is 10.9. The van der Waals surface area contributed by atoms with Crippen LogP contribution >= 0.6 is 0 Å². The molecular weight excluding hydrogens is 366 g/mol. The number of carbonyl (C=O) groups is 2. The first-order valence-electron chi connectivity index (χ1n) is 9.11. The van der Waals surface area contributed by atoms with E-state index in [4.69, 9.17) is 4.74 Å². The fourth-order valence-electron chi connectivity index (χ4n) is 3.74. The van der Waals surface area contributed by atoms with Gasteiger partial charge in [0.15, 0.2) is 16.4 Å². The van der Waals surface area contributed by atoms with Crippen LogP contribution in [0.3, 0.4) is 0 Å². The van der Waals surface area contributed by atoms with Crippen molar-refractivity contribution in [2.24, 2.45) is 0 Å². The predicted octanol–water partition coefficient (Wildman–Crippen LogP) is 2.17. The highest BCUT2D eigenvalue weighted by Gasteiger charge is 2.42. The van der Waals surface area contributed by atoms with Crippen molar-refractivity contribution in [3.63, 3.8) is 0 Å². The number of sulfone groups is 1. The van der Waals surface area contributed by atoms with Gasteiger partial charge in [0.1, 0.15) is 0 Å². The quantitative estimate of drug-likeness (QED) is 0.735. The van der Waals surface area contributed by atoms with Crippen molar-refractivity contribution in [1.29, 1.82) is 0 Å². The molecule has 2 fully saturated rings. The minimum absolute atomic E-state index is 0.00646. The number of carbonyl (C=O) groups excluding carboxylic acids is 2. The summed E-state index contributed by atoms with van der Waals surface area (Å²) >= 11 is 0.